The van der Waals surface area contributed by atoms with Crippen LogP contribution in [-0.4, -0.2) is 23.1 Å². The second-order valence-electron chi connectivity index (χ2n) is 5.63. The molecule has 0 saturated carbocycles. The van der Waals surface area contributed by atoms with E-state index >= 15 is 0 Å². The maximum absolute atomic E-state index is 5.92. The summed E-state index contributed by atoms with van der Waals surface area (Å²) in [7, 11) is 1.67. The molecule has 3 aromatic rings. The second kappa shape index (κ2) is 8.60. The number of ether oxygens (including phenoxy) is 2. The Labute approximate surface area is 151 Å². The number of hydrogen-bond acceptors (Lipinski definition) is 6. The summed E-state index contributed by atoms with van der Waals surface area (Å²) >= 11 is 1.34. The fourth-order valence-electron chi connectivity index (χ4n) is 2.32. The minimum Gasteiger partial charge on any atom is -0.489 e. The van der Waals surface area contributed by atoms with Crippen LogP contribution in [0.5, 0.6) is 5.75 Å². The van der Waals surface area contributed by atoms with E-state index in [0.717, 1.165) is 22.4 Å². The predicted molar refractivity (Wildman–Crippen MR) is 101 cm³/mol. The van der Waals surface area contributed by atoms with Crippen LogP contribution in [0.15, 0.2) is 48.5 Å². The molecule has 25 heavy (non-hydrogen) atoms. The Balaban J connectivity index is 1.61. The summed E-state index contributed by atoms with van der Waals surface area (Å²) in [6, 6.07) is 16.1. The lowest BCUT2D eigenvalue weighted by Gasteiger charge is -2.10. The number of nitrogens with one attached hydrogen (secondary N) is 1. The van der Waals surface area contributed by atoms with Crippen molar-refractivity contribution in [2.45, 2.75) is 20.0 Å². The van der Waals surface area contributed by atoms with Crippen LogP contribution in [0.25, 0.3) is 0 Å². The molecule has 1 N–H and O–H groups in total. The molecule has 0 aliphatic rings. The zero-order valence-corrected chi connectivity index (χ0v) is 15.2. The molecular formula is C19H21N3O2S. The van der Waals surface area contributed by atoms with Gasteiger partial charge in [-0.1, -0.05) is 30.3 Å². The number of rotatable bonds is 8. The summed E-state index contributed by atoms with van der Waals surface area (Å²) in [6.07, 6.45) is 0.717. The molecule has 130 valence electrons. The molecule has 0 bridgehead atoms. The molecule has 0 radical (unpaired) electrons. The van der Waals surface area contributed by atoms with Crippen LogP contribution in [0.1, 0.15) is 17.0 Å². The van der Waals surface area contributed by atoms with Crippen LogP contribution < -0.4 is 10.1 Å². The fourth-order valence-corrected chi connectivity index (χ4v) is 2.95. The van der Waals surface area contributed by atoms with Crippen LogP contribution in [0.3, 0.4) is 0 Å². The molecule has 5 nitrogen and oxygen atoms in total. The van der Waals surface area contributed by atoms with Crippen molar-refractivity contribution in [3.05, 3.63) is 65.5 Å². The standard InChI is InChI=1S/C19H21N3O2S/c1-14-6-3-4-7-15(14)13-24-17-9-5-8-16(12-17)20-19-21-18(22-25-19)10-11-23-2/h3-9,12H,10-11,13H2,1-2H3,(H,20,21,22). The van der Waals surface area contributed by atoms with E-state index in [4.69, 9.17) is 9.47 Å². The van der Waals surface area contributed by atoms with Gasteiger partial charge in [0.25, 0.3) is 0 Å². The van der Waals surface area contributed by atoms with Crippen molar-refractivity contribution >= 4 is 22.4 Å². The first-order valence-electron chi connectivity index (χ1n) is 8.10. The van der Waals surface area contributed by atoms with Gasteiger partial charge in [-0.05, 0) is 30.2 Å². The largest absolute Gasteiger partial charge is 0.489 e. The first kappa shape index (κ1) is 17.4. The third-order valence-electron chi connectivity index (χ3n) is 3.74. The van der Waals surface area contributed by atoms with Crippen molar-refractivity contribution in [3.8, 4) is 5.75 Å². The molecule has 0 aliphatic heterocycles. The number of aryl methyl sites for hydroxylation is 1. The zero-order valence-electron chi connectivity index (χ0n) is 14.4. The molecule has 0 atom stereocenters. The Hall–Kier alpha value is -2.44. The number of aromatic nitrogens is 2. The van der Waals surface area contributed by atoms with Gasteiger partial charge in [-0.2, -0.15) is 4.37 Å². The number of methoxy groups -OCH3 is 1. The van der Waals surface area contributed by atoms with Gasteiger partial charge < -0.3 is 14.8 Å². The quantitative estimate of drug-likeness (QED) is 0.651. The van der Waals surface area contributed by atoms with Crippen LogP contribution in [0, 0.1) is 6.92 Å². The van der Waals surface area contributed by atoms with Gasteiger partial charge in [0.1, 0.15) is 18.2 Å². The Kier molecular flexibility index (Phi) is 5.98. The molecule has 0 fully saturated rings. The molecule has 1 aromatic heterocycles. The van der Waals surface area contributed by atoms with E-state index in [9.17, 15) is 0 Å². The minimum atomic E-state index is 0.552. The Bertz CT molecular complexity index is 820. The van der Waals surface area contributed by atoms with Gasteiger partial charge in [0.15, 0.2) is 0 Å². The highest BCUT2D eigenvalue weighted by Crippen LogP contribution is 2.23. The summed E-state index contributed by atoms with van der Waals surface area (Å²) in [5.41, 5.74) is 3.35. The number of benzene rings is 2. The Morgan fingerprint density at radius 1 is 1.12 bits per heavy atom. The summed E-state index contributed by atoms with van der Waals surface area (Å²) < 4.78 is 15.3. The van der Waals surface area contributed by atoms with Crippen molar-refractivity contribution in [1.82, 2.24) is 9.36 Å². The minimum absolute atomic E-state index is 0.552. The van der Waals surface area contributed by atoms with Crippen LogP contribution >= 0.6 is 11.5 Å². The van der Waals surface area contributed by atoms with Crippen molar-refractivity contribution in [3.63, 3.8) is 0 Å². The van der Waals surface area contributed by atoms with E-state index < -0.39 is 0 Å². The van der Waals surface area contributed by atoms with Crippen molar-refractivity contribution < 1.29 is 9.47 Å². The molecule has 0 saturated heterocycles. The Morgan fingerprint density at radius 3 is 2.84 bits per heavy atom. The number of nitrogens with zero attached hydrogens (tertiary/aromatic N) is 2. The maximum atomic E-state index is 5.92. The molecule has 0 spiro atoms. The first-order valence-corrected chi connectivity index (χ1v) is 8.88. The predicted octanol–water partition coefficient (Wildman–Crippen LogP) is 4.36. The topological polar surface area (TPSA) is 56.3 Å². The molecular weight excluding hydrogens is 334 g/mol. The summed E-state index contributed by atoms with van der Waals surface area (Å²) in [4.78, 5) is 4.45. The second-order valence-corrected chi connectivity index (χ2v) is 6.38. The van der Waals surface area contributed by atoms with Crippen molar-refractivity contribution in [1.29, 1.82) is 0 Å². The highest BCUT2D eigenvalue weighted by atomic mass is 32.1. The molecule has 0 amide bonds. The average molecular weight is 355 g/mol. The summed E-state index contributed by atoms with van der Waals surface area (Å²) in [5, 5.41) is 4.04. The summed E-state index contributed by atoms with van der Waals surface area (Å²) in [5.74, 6) is 1.61. The average Bonchev–Trinajstić information content (AvgIpc) is 3.07. The SMILES string of the molecule is COCCc1nsc(Nc2cccc(OCc3ccccc3C)c2)n1. The normalized spacial score (nSPS) is 10.6. The van der Waals surface area contributed by atoms with E-state index in [2.05, 4.69) is 33.7 Å². The zero-order chi connectivity index (χ0) is 17.5. The Morgan fingerprint density at radius 2 is 2.00 bits per heavy atom. The van der Waals surface area contributed by atoms with Gasteiger partial charge in [-0.15, -0.1) is 0 Å². The van der Waals surface area contributed by atoms with Gasteiger partial charge >= 0.3 is 0 Å². The van der Waals surface area contributed by atoms with Crippen LogP contribution in [0.4, 0.5) is 10.8 Å². The lowest BCUT2D eigenvalue weighted by Crippen LogP contribution is -1.98. The monoisotopic (exact) mass is 355 g/mol. The molecule has 0 aliphatic carbocycles. The van der Waals surface area contributed by atoms with Gasteiger partial charge in [0.05, 0.1) is 6.61 Å². The lowest BCUT2D eigenvalue weighted by atomic mass is 10.1. The van der Waals surface area contributed by atoms with E-state index in [1.807, 2.05) is 36.4 Å². The molecule has 3 rings (SSSR count). The van der Waals surface area contributed by atoms with Gasteiger partial charge in [-0.3, -0.25) is 0 Å². The summed E-state index contributed by atoms with van der Waals surface area (Å²) in [6.45, 7) is 3.27. The first-order chi connectivity index (χ1) is 12.2. The highest BCUT2D eigenvalue weighted by molar-refractivity contribution is 7.09. The third kappa shape index (κ3) is 5.01. The van der Waals surface area contributed by atoms with Gasteiger partial charge in [-0.25, -0.2) is 4.98 Å². The van der Waals surface area contributed by atoms with E-state index in [0.29, 0.717) is 19.6 Å². The van der Waals surface area contributed by atoms with Crippen LogP contribution in [-0.2, 0) is 17.8 Å². The molecule has 6 heteroatoms. The fraction of sp³-hybridized carbons (Fsp3) is 0.263. The third-order valence-corrected chi connectivity index (χ3v) is 4.41. The molecule has 1 heterocycles. The molecule has 0 unspecified atom stereocenters. The smallest absolute Gasteiger partial charge is 0.207 e. The van der Waals surface area contributed by atoms with Crippen molar-refractivity contribution in [2.75, 3.05) is 19.0 Å². The number of anilines is 2. The van der Waals surface area contributed by atoms with Crippen molar-refractivity contribution in [2.24, 2.45) is 0 Å². The molecule has 2 aromatic carbocycles. The highest BCUT2D eigenvalue weighted by Gasteiger charge is 2.05. The maximum Gasteiger partial charge on any atom is 0.207 e. The van der Waals surface area contributed by atoms with E-state index in [1.165, 1.54) is 22.7 Å². The number of hydrogen-bond donors (Lipinski definition) is 1. The van der Waals surface area contributed by atoms with E-state index in [-0.39, 0.29) is 0 Å². The lowest BCUT2D eigenvalue weighted by molar-refractivity contribution is 0.201. The van der Waals surface area contributed by atoms with Gasteiger partial charge in [0, 0.05) is 36.8 Å². The van der Waals surface area contributed by atoms with E-state index in [1.54, 1.807) is 7.11 Å². The van der Waals surface area contributed by atoms with Gasteiger partial charge in [0.2, 0.25) is 5.13 Å². The van der Waals surface area contributed by atoms with Crippen LogP contribution in [0.2, 0.25) is 0 Å².